The predicted octanol–water partition coefficient (Wildman–Crippen LogP) is 18.2. The monoisotopic (exact) mass is 1590 g/mol. The van der Waals surface area contributed by atoms with Crippen LogP contribution in [0.25, 0.3) is 52.6 Å². The summed E-state index contributed by atoms with van der Waals surface area (Å²) >= 11 is 4.61. The van der Waals surface area contributed by atoms with Crippen LogP contribution in [0.3, 0.4) is 0 Å². The molecule has 0 aromatic carbocycles. The summed E-state index contributed by atoms with van der Waals surface area (Å²) in [6, 6.07) is 17.4. The van der Waals surface area contributed by atoms with Crippen molar-refractivity contribution in [1.82, 2.24) is 68.7 Å². The first-order valence-electron chi connectivity index (χ1n) is 33.8. The van der Waals surface area contributed by atoms with Gasteiger partial charge in [-0.25, -0.2) is 36.8 Å². The summed E-state index contributed by atoms with van der Waals surface area (Å²) in [6.45, 7) is 36.0. The van der Waals surface area contributed by atoms with Crippen LogP contribution in [0.15, 0.2) is 244 Å². The van der Waals surface area contributed by atoms with Crippen LogP contribution in [0.1, 0.15) is 136 Å². The van der Waals surface area contributed by atoms with E-state index in [0.717, 1.165) is 48.9 Å². The molecule has 18 heterocycles. The molecule has 107 heavy (non-hydrogen) atoms. The van der Waals surface area contributed by atoms with Crippen LogP contribution in [0.2, 0.25) is 0 Å². The Morgan fingerprint density at radius 1 is 0.346 bits per heavy atom. The molecule has 35 heteroatoms. The highest BCUT2D eigenvalue weighted by molar-refractivity contribution is 8.05. The first-order chi connectivity index (χ1) is 52.1. The van der Waals surface area contributed by atoms with E-state index >= 15 is 0 Å². The highest BCUT2D eigenvalue weighted by Gasteiger charge is 2.24. The number of thiazole rings is 1. The van der Waals surface area contributed by atoms with E-state index in [4.69, 9.17) is 8.94 Å². The second-order valence-corrected chi connectivity index (χ2v) is 26.3. The molecule has 0 amide bonds. The Morgan fingerprint density at radius 2 is 0.841 bits per heavy atom. The largest absolute Gasteiger partial charge is 0.443 e. The van der Waals surface area contributed by atoms with Gasteiger partial charge in [-0.15, -0.1) is 11.3 Å². The third kappa shape index (κ3) is 30.1. The van der Waals surface area contributed by atoms with Gasteiger partial charge in [0.1, 0.15) is 47.4 Å². The summed E-state index contributed by atoms with van der Waals surface area (Å²) in [7, 11) is -13.3. The average molecular weight is 1590 g/mol. The fraction of sp³-hybridized carbons (Fsp3) is 0.250. The predicted molar refractivity (Wildman–Crippen MR) is 435 cm³/mol. The number of hydrogen-bond acceptors (Lipinski definition) is 29. The molecule has 14 aromatic rings. The fourth-order valence-corrected chi connectivity index (χ4v) is 13.0. The number of aromatic nitrogens is 14. The Labute approximate surface area is 639 Å². The molecule has 4 aliphatic rings. The number of fused-ring (bicyclic) bond motifs is 9. The number of sulfonamides is 2. The van der Waals surface area contributed by atoms with Crippen molar-refractivity contribution < 1.29 is 42.6 Å². The number of aliphatic imine (C=N–C) groups is 2. The molecular weight excluding hydrogens is 1500 g/mol. The maximum Gasteiger partial charge on any atom is 0.284 e. The van der Waals surface area contributed by atoms with Gasteiger partial charge in [0.15, 0.2) is 17.6 Å². The highest BCUT2D eigenvalue weighted by Crippen LogP contribution is 2.29. The molecule has 14 aromatic heterocycles. The van der Waals surface area contributed by atoms with Gasteiger partial charge in [-0.3, -0.25) is 44.9 Å². The Hall–Kier alpha value is -10.6. The first kappa shape index (κ1) is 94.5. The summed E-state index contributed by atoms with van der Waals surface area (Å²) < 4.78 is 116. The third-order valence-electron chi connectivity index (χ3n) is 11.3. The van der Waals surface area contributed by atoms with Gasteiger partial charge in [0.25, 0.3) is 20.0 Å². The number of hydrogen-bond donors (Lipinski definition) is 0. The van der Waals surface area contributed by atoms with Gasteiger partial charge < -0.3 is 8.94 Å². The van der Waals surface area contributed by atoms with Crippen molar-refractivity contribution in [3.05, 3.63) is 208 Å². The van der Waals surface area contributed by atoms with Gasteiger partial charge in [0.05, 0.1) is 68.0 Å². The highest BCUT2D eigenvalue weighted by atomic mass is 32.2. The van der Waals surface area contributed by atoms with E-state index in [0.29, 0.717) is 22.5 Å². The fourth-order valence-electron chi connectivity index (χ4n) is 7.14. The topological polar surface area (TPSA) is 393 Å². The van der Waals surface area contributed by atoms with Gasteiger partial charge in [-0.1, -0.05) is 130 Å². The zero-order chi connectivity index (χ0) is 80.1. The summed E-state index contributed by atoms with van der Waals surface area (Å²) in [5.74, 6) is 0. The van der Waals surface area contributed by atoms with Crippen LogP contribution < -0.4 is 0 Å². The van der Waals surface area contributed by atoms with E-state index in [1.54, 1.807) is 79.1 Å². The van der Waals surface area contributed by atoms with Crippen LogP contribution in [0, 0.1) is 0 Å². The van der Waals surface area contributed by atoms with Crippen molar-refractivity contribution in [3.63, 3.8) is 0 Å². The quantitative estimate of drug-likeness (QED) is 0.136. The van der Waals surface area contributed by atoms with Crippen molar-refractivity contribution in [2.75, 3.05) is 0 Å². The lowest BCUT2D eigenvalue weighted by Gasteiger charge is -1.91. The number of pyridine rings is 9. The number of sulfone groups is 2. The van der Waals surface area contributed by atoms with Crippen LogP contribution in [-0.4, -0.2) is 126 Å². The normalized spacial score (nSPS) is 12.3. The van der Waals surface area contributed by atoms with Gasteiger partial charge >= 0.3 is 0 Å². The second-order valence-electron chi connectivity index (χ2n) is 17.1. The molecule has 570 valence electrons. The molecule has 0 saturated carbocycles. The summed E-state index contributed by atoms with van der Waals surface area (Å²) in [5.41, 5.74) is 9.89. The standard InChI is InChI=1S/4C6H4N2O2S.2C6H4N2O.3C6H4N2S.9C2H6/c9-11(10)4-8-5-3-7-2-1-6(5)11;9-11(10)6-1-2-7-3-5(6)4-8-11;9-11(10)4-8-5-1-2-7-3-6(5)11;9-11(10)6-4-7-2-1-5(6)3-8-11;1-2-7-3-5-6(1)9-4-8-5;1-2-6-5(7-3-1)4-8-9-6;1-2-7-3-5-6(1)9-4-8-5;1-2-7-3-5-4-8-9-6(1)5;1-2-7-4-6-5(1)3-8-9-6;9*1-2/h4*1-4H;5*1-4H;9*1-2H3. The SMILES string of the molecule is CC.CC.CC.CC.CC.CC.CC.CC.CC.O=S1(=O)C=Nc2ccncc21.O=S1(=O)C=Nc2cnccc21.O=S1(=O)N=Cc2ccncc21.O=S1(=O)N=Cc2cnccc21.c1cc2cnsc2cn1.c1cc2ocnc2cn1.c1cc2scnc2cn1.c1cc2sncc2cn1.c1cnc2cnoc2c1. The van der Waals surface area contributed by atoms with E-state index in [9.17, 15) is 33.7 Å². The number of oxazole rings is 1. The Balaban J connectivity index is 0.000000586. The molecular formula is C72H90N18O10S7. The lowest BCUT2D eigenvalue weighted by atomic mass is 10.3. The molecule has 0 spiro atoms. The molecule has 0 atom stereocenters. The van der Waals surface area contributed by atoms with E-state index in [1.807, 2.05) is 185 Å². The summed E-state index contributed by atoms with van der Waals surface area (Å²) in [4.78, 5) is 50.8. The summed E-state index contributed by atoms with van der Waals surface area (Å²) in [5, 5.41) is 5.87. The first-order valence-corrected chi connectivity index (χ1v) is 42.2. The van der Waals surface area contributed by atoms with Crippen LogP contribution in [0.4, 0.5) is 11.4 Å². The molecule has 0 N–H and O–H groups in total. The molecule has 0 aliphatic carbocycles. The average Bonchev–Trinajstić information content (AvgIpc) is 1.68. The van der Waals surface area contributed by atoms with Crippen molar-refractivity contribution in [2.45, 2.75) is 144 Å². The number of rotatable bonds is 0. The molecule has 0 radical (unpaired) electrons. The molecule has 0 saturated heterocycles. The maximum absolute atomic E-state index is 11.1. The molecule has 0 bridgehead atoms. The van der Waals surface area contributed by atoms with Crippen molar-refractivity contribution in [1.29, 1.82) is 0 Å². The van der Waals surface area contributed by atoms with E-state index in [1.165, 1.54) is 118 Å². The second kappa shape index (κ2) is 53.2. The van der Waals surface area contributed by atoms with Crippen molar-refractivity contribution in [3.8, 4) is 0 Å². The smallest absolute Gasteiger partial charge is 0.284 e. The minimum absolute atomic E-state index is 0.194. The Morgan fingerprint density at radius 3 is 1.45 bits per heavy atom. The van der Waals surface area contributed by atoms with Crippen LogP contribution >= 0.6 is 34.4 Å². The Bertz CT molecular complexity index is 4510. The molecule has 28 nitrogen and oxygen atoms in total. The van der Waals surface area contributed by atoms with Crippen LogP contribution in [0.5, 0.6) is 0 Å². The third-order valence-corrected chi connectivity index (χ3v) is 18.9. The Kier molecular flexibility index (Phi) is 47.0. The molecule has 0 unspecified atom stereocenters. The minimum atomic E-state index is -3.40. The lowest BCUT2D eigenvalue weighted by Crippen LogP contribution is -1.96. The van der Waals surface area contributed by atoms with Crippen LogP contribution in [-0.2, 0) is 39.7 Å². The molecule has 18 rings (SSSR count). The zero-order valence-corrected chi connectivity index (χ0v) is 68.5. The minimum Gasteiger partial charge on any atom is -0.443 e. The van der Waals surface area contributed by atoms with Gasteiger partial charge in [-0.05, 0) is 77.7 Å². The molecule has 0 fully saturated rings. The van der Waals surface area contributed by atoms with Crippen molar-refractivity contribution in [2.24, 2.45) is 18.8 Å². The van der Waals surface area contributed by atoms with E-state index in [-0.39, 0.29) is 19.6 Å². The van der Waals surface area contributed by atoms with Gasteiger partial charge in [-0.2, -0.15) is 34.4 Å². The number of nitrogens with zero attached hydrogens (tertiary/aromatic N) is 18. The van der Waals surface area contributed by atoms with Gasteiger partial charge in [0, 0.05) is 127 Å². The lowest BCUT2D eigenvalue weighted by molar-refractivity contribution is 0.456. The summed E-state index contributed by atoms with van der Waals surface area (Å²) in [6.07, 6.45) is 36.5. The van der Waals surface area contributed by atoms with Crippen molar-refractivity contribution >= 4 is 162 Å². The van der Waals surface area contributed by atoms with E-state index < -0.39 is 39.7 Å². The van der Waals surface area contributed by atoms with E-state index in [2.05, 4.69) is 87.5 Å². The van der Waals surface area contributed by atoms with Gasteiger partial charge in [0.2, 0.25) is 19.7 Å². The molecule has 4 aliphatic heterocycles. The maximum atomic E-state index is 11.1. The zero-order valence-electron chi connectivity index (χ0n) is 62.8.